The van der Waals surface area contributed by atoms with E-state index in [0.29, 0.717) is 23.8 Å². The van der Waals surface area contributed by atoms with Crippen LogP contribution in [0.15, 0.2) is 24.3 Å². The Morgan fingerprint density at radius 2 is 1.81 bits per heavy atom. The number of piperidine rings is 1. The number of likely N-dealkylation sites (tertiary alicyclic amines) is 1. The standard InChI is InChI=1S/C21H30N4O/c1-2-9-23-10-7-18(8-11-23)16-21(26)25-14-12-24(13-15-25)20-6-4-3-5-19(20)17-22/h3-6,18H,2,7-16H2,1H3. The fourth-order valence-electron chi connectivity index (χ4n) is 4.15. The molecule has 1 aromatic carbocycles. The molecule has 3 rings (SSSR count). The first-order valence-corrected chi connectivity index (χ1v) is 9.95. The first kappa shape index (κ1) is 18.7. The monoisotopic (exact) mass is 354 g/mol. The summed E-state index contributed by atoms with van der Waals surface area (Å²) >= 11 is 0. The molecule has 5 nitrogen and oxygen atoms in total. The average Bonchev–Trinajstić information content (AvgIpc) is 2.70. The van der Waals surface area contributed by atoms with Crippen molar-refractivity contribution in [3.63, 3.8) is 0 Å². The van der Waals surface area contributed by atoms with Gasteiger partial charge in [-0.15, -0.1) is 0 Å². The molecule has 0 saturated carbocycles. The SMILES string of the molecule is CCCN1CCC(CC(=O)N2CCN(c3ccccc3C#N)CC2)CC1. The topological polar surface area (TPSA) is 50.6 Å². The molecule has 0 N–H and O–H groups in total. The van der Waals surface area contributed by atoms with Crippen LogP contribution in [0.2, 0.25) is 0 Å². The van der Waals surface area contributed by atoms with Crippen molar-refractivity contribution in [2.24, 2.45) is 5.92 Å². The summed E-state index contributed by atoms with van der Waals surface area (Å²) in [5.41, 5.74) is 1.71. The van der Waals surface area contributed by atoms with Crippen molar-refractivity contribution in [3.8, 4) is 6.07 Å². The molecule has 0 aromatic heterocycles. The highest BCUT2D eigenvalue weighted by atomic mass is 16.2. The van der Waals surface area contributed by atoms with Gasteiger partial charge in [-0.3, -0.25) is 4.79 Å². The lowest BCUT2D eigenvalue weighted by Crippen LogP contribution is -2.49. The van der Waals surface area contributed by atoms with Crippen LogP contribution < -0.4 is 4.90 Å². The van der Waals surface area contributed by atoms with Gasteiger partial charge < -0.3 is 14.7 Å². The molecule has 2 heterocycles. The van der Waals surface area contributed by atoms with Crippen LogP contribution in [0.3, 0.4) is 0 Å². The number of nitrogens with zero attached hydrogens (tertiary/aromatic N) is 4. The minimum atomic E-state index is 0.312. The van der Waals surface area contributed by atoms with E-state index < -0.39 is 0 Å². The van der Waals surface area contributed by atoms with Crippen LogP contribution in [0.5, 0.6) is 0 Å². The van der Waals surface area contributed by atoms with E-state index in [9.17, 15) is 10.1 Å². The molecule has 26 heavy (non-hydrogen) atoms. The molecule has 2 fully saturated rings. The normalized spacial score (nSPS) is 19.4. The molecule has 0 spiro atoms. The van der Waals surface area contributed by atoms with Crippen molar-refractivity contribution in [2.45, 2.75) is 32.6 Å². The fraction of sp³-hybridized carbons (Fsp3) is 0.619. The summed E-state index contributed by atoms with van der Waals surface area (Å²) in [6.45, 7) is 8.82. The van der Waals surface area contributed by atoms with Gasteiger partial charge in [-0.05, 0) is 56.9 Å². The molecule has 0 atom stereocenters. The highest BCUT2D eigenvalue weighted by molar-refractivity contribution is 5.77. The Morgan fingerprint density at radius 1 is 1.12 bits per heavy atom. The lowest BCUT2D eigenvalue weighted by atomic mass is 9.92. The van der Waals surface area contributed by atoms with Crippen LogP contribution in [0.4, 0.5) is 5.69 Å². The van der Waals surface area contributed by atoms with E-state index in [-0.39, 0.29) is 0 Å². The first-order chi connectivity index (χ1) is 12.7. The van der Waals surface area contributed by atoms with Gasteiger partial charge in [0.2, 0.25) is 5.91 Å². The maximum atomic E-state index is 12.7. The molecule has 140 valence electrons. The van der Waals surface area contributed by atoms with Crippen LogP contribution in [0.25, 0.3) is 0 Å². The largest absolute Gasteiger partial charge is 0.367 e. The molecule has 0 unspecified atom stereocenters. The second-order valence-electron chi connectivity index (χ2n) is 7.49. The number of anilines is 1. The minimum absolute atomic E-state index is 0.312. The summed E-state index contributed by atoms with van der Waals surface area (Å²) in [5, 5.41) is 9.28. The molecule has 1 aromatic rings. The van der Waals surface area contributed by atoms with Gasteiger partial charge in [0, 0.05) is 32.6 Å². The van der Waals surface area contributed by atoms with E-state index in [2.05, 4.69) is 22.8 Å². The second-order valence-corrected chi connectivity index (χ2v) is 7.49. The molecule has 0 aliphatic carbocycles. The van der Waals surface area contributed by atoms with E-state index >= 15 is 0 Å². The van der Waals surface area contributed by atoms with Gasteiger partial charge >= 0.3 is 0 Å². The van der Waals surface area contributed by atoms with Crippen molar-refractivity contribution in [1.29, 1.82) is 5.26 Å². The van der Waals surface area contributed by atoms with Crippen LogP contribution >= 0.6 is 0 Å². The molecule has 2 aliphatic rings. The lowest BCUT2D eigenvalue weighted by Gasteiger charge is -2.38. The lowest BCUT2D eigenvalue weighted by molar-refractivity contribution is -0.132. The molecular formula is C21H30N4O. The van der Waals surface area contributed by atoms with E-state index in [1.807, 2.05) is 29.2 Å². The summed E-state index contributed by atoms with van der Waals surface area (Å²) in [6, 6.07) is 9.99. The quantitative estimate of drug-likeness (QED) is 0.816. The van der Waals surface area contributed by atoms with Crippen LogP contribution in [0, 0.1) is 17.2 Å². The first-order valence-electron chi connectivity index (χ1n) is 9.95. The smallest absolute Gasteiger partial charge is 0.222 e. The van der Waals surface area contributed by atoms with Crippen molar-refractivity contribution in [1.82, 2.24) is 9.80 Å². The van der Waals surface area contributed by atoms with Gasteiger partial charge in [0.15, 0.2) is 0 Å². The average molecular weight is 354 g/mol. The zero-order valence-corrected chi connectivity index (χ0v) is 15.9. The zero-order valence-electron chi connectivity index (χ0n) is 15.9. The number of piperazine rings is 1. The number of carbonyl (C=O) groups excluding carboxylic acids is 1. The third-order valence-corrected chi connectivity index (χ3v) is 5.71. The highest BCUT2D eigenvalue weighted by Crippen LogP contribution is 2.24. The van der Waals surface area contributed by atoms with E-state index in [1.165, 1.54) is 13.0 Å². The number of carbonyl (C=O) groups is 1. The van der Waals surface area contributed by atoms with Gasteiger partial charge in [0.25, 0.3) is 0 Å². The van der Waals surface area contributed by atoms with E-state index in [1.54, 1.807) is 0 Å². The Hall–Kier alpha value is -2.06. The van der Waals surface area contributed by atoms with Crippen LogP contribution in [-0.4, -0.2) is 61.5 Å². The van der Waals surface area contributed by atoms with Crippen molar-refractivity contribution < 1.29 is 4.79 Å². The van der Waals surface area contributed by atoms with Crippen molar-refractivity contribution >= 4 is 11.6 Å². The fourth-order valence-corrected chi connectivity index (χ4v) is 4.15. The third-order valence-electron chi connectivity index (χ3n) is 5.71. The molecule has 5 heteroatoms. The Morgan fingerprint density at radius 3 is 2.46 bits per heavy atom. The number of hydrogen-bond acceptors (Lipinski definition) is 4. The Bertz CT molecular complexity index is 638. The van der Waals surface area contributed by atoms with Gasteiger partial charge in [-0.25, -0.2) is 0 Å². The van der Waals surface area contributed by atoms with Crippen LogP contribution in [0.1, 0.15) is 38.2 Å². The van der Waals surface area contributed by atoms with Gasteiger partial charge in [-0.2, -0.15) is 5.26 Å². The maximum Gasteiger partial charge on any atom is 0.222 e. The van der Waals surface area contributed by atoms with Gasteiger partial charge in [0.05, 0.1) is 11.3 Å². The molecule has 1 amide bonds. The molecule has 0 radical (unpaired) electrons. The van der Waals surface area contributed by atoms with E-state index in [4.69, 9.17) is 0 Å². The predicted molar refractivity (Wildman–Crippen MR) is 104 cm³/mol. The third kappa shape index (κ3) is 4.56. The van der Waals surface area contributed by atoms with Gasteiger partial charge in [-0.1, -0.05) is 19.1 Å². The number of nitriles is 1. The number of hydrogen-bond donors (Lipinski definition) is 0. The summed E-state index contributed by atoms with van der Waals surface area (Å²) in [6.07, 6.45) is 4.22. The number of rotatable bonds is 5. The number of para-hydroxylation sites is 1. The maximum absolute atomic E-state index is 12.7. The number of benzene rings is 1. The zero-order chi connectivity index (χ0) is 18.4. The van der Waals surface area contributed by atoms with Crippen LogP contribution in [-0.2, 0) is 4.79 Å². The van der Waals surface area contributed by atoms with E-state index in [0.717, 1.165) is 57.8 Å². The Labute approximate surface area is 157 Å². The molecule has 0 bridgehead atoms. The number of amides is 1. The molecule has 2 aliphatic heterocycles. The van der Waals surface area contributed by atoms with Crippen molar-refractivity contribution in [2.75, 3.05) is 50.7 Å². The Balaban J connectivity index is 1.46. The molecular weight excluding hydrogens is 324 g/mol. The summed E-state index contributed by atoms with van der Waals surface area (Å²) < 4.78 is 0. The minimum Gasteiger partial charge on any atom is -0.367 e. The summed E-state index contributed by atoms with van der Waals surface area (Å²) in [4.78, 5) is 19.4. The Kier molecular flexibility index (Phi) is 6.51. The summed E-state index contributed by atoms with van der Waals surface area (Å²) in [5.74, 6) is 0.861. The van der Waals surface area contributed by atoms with Crippen molar-refractivity contribution in [3.05, 3.63) is 29.8 Å². The second kappa shape index (κ2) is 9.05. The highest BCUT2D eigenvalue weighted by Gasteiger charge is 2.26. The molecule has 2 saturated heterocycles. The summed E-state index contributed by atoms with van der Waals surface area (Å²) in [7, 11) is 0. The predicted octanol–water partition coefficient (Wildman–Crippen LogP) is 2.72. The van der Waals surface area contributed by atoms with Gasteiger partial charge in [0.1, 0.15) is 6.07 Å².